The maximum absolute atomic E-state index is 10.8. The van der Waals surface area contributed by atoms with Crippen LogP contribution in [0, 0.1) is 0 Å². The van der Waals surface area contributed by atoms with Crippen LogP contribution in [-0.2, 0) is 28.4 Å². The van der Waals surface area contributed by atoms with Crippen molar-refractivity contribution in [2.75, 3.05) is 26.9 Å². The molecule has 0 spiro atoms. The lowest BCUT2D eigenvalue weighted by Crippen LogP contribution is -2.65. The zero-order chi connectivity index (χ0) is 26.0. The van der Waals surface area contributed by atoms with Gasteiger partial charge in [-0.3, -0.25) is 0 Å². The SMILES string of the molecule is CO[C@H]1O[C@H](CO)[C@@H](O)[C@H](O)[C@@H]1O[C@H]1O[C@H](CO)[C@@H](O)[C@H](O[C@@H]2O[C@@H]([C@H](O)CO)[C@H](O)[C@H]2O)[C@@H]1O. The van der Waals surface area contributed by atoms with E-state index in [1.165, 1.54) is 7.11 Å². The maximum Gasteiger partial charge on any atom is 0.187 e. The van der Waals surface area contributed by atoms with E-state index < -0.39 is 112 Å². The van der Waals surface area contributed by atoms with Crippen LogP contribution < -0.4 is 0 Å². The molecule has 206 valence electrons. The van der Waals surface area contributed by atoms with Gasteiger partial charge >= 0.3 is 0 Å². The van der Waals surface area contributed by atoms with E-state index in [1.807, 2.05) is 0 Å². The first-order valence-electron chi connectivity index (χ1n) is 11.0. The number of aliphatic hydroxyl groups is 10. The van der Waals surface area contributed by atoms with E-state index in [0.29, 0.717) is 0 Å². The van der Waals surface area contributed by atoms with E-state index in [-0.39, 0.29) is 0 Å². The second kappa shape index (κ2) is 12.3. The van der Waals surface area contributed by atoms with E-state index in [4.69, 9.17) is 33.5 Å². The van der Waals surface area contributed by atoms with E-state index in [9.17, 15) is 46.0 Å². The predicted octanol–water partition coefficient (Wildman–Crippen LogP) is -6.92. The van der Waals surface area contributed by atoms with Crippen molar-refractivity contribution in [1.82, 2.24) is 0 Å². The predicted molar refractivity (Wildman–Crippen MR) is 106 cm³/mol. The molecule has 15 atom stereocenters. The number of ether oxygens (including phenoxy) is 6. The third-order valence-corrected chi connectivity index (χ3v) is 6.28. The van der Waals surface area contributed by atoms with Crippen LogP contribution in [0.15, 0.2) is 0 Å². The van der Waals surface area contributed by atoms with Crippen molar-refractivity contribution in [2.45, 2.75) is 92.1 Å². The molecular weight excluding hydrogens is 484 g/mol. The molecule has 0 radical (unpaired) electrons. The van der Waals surface area contributed by atoms with Crippen LogP contribution in [0.1, 0.15) is 0 Å². The van der Waals surface area contributed by atoms with Crippen LogP contribution in [0.2, 0.25) is 0 Å². The highest BCUT2D eigenvalue weighted by molar-refractivity contribution is 4.96. The zero-order valence-corrected chi connectivity index (χ0v) is 18.7. The summed E-state index contributed by atoms with van der Waals surface area (Å²) in [5, 5.41) is 100. The molecule has 0 aromatic carbocycles. The van der Waals surface area contributed by atoms with Gasteiger partial charge in [0.1, 0.15) is 73.2 Å². The average Bonchev–Trinajstić information content (AvgIpc) is 3.14. The Morgan fingerprint density at radius 2 is 1.17 bits per heavy atom. The summed E-state index contributed by atoms with van der Waals surface area (Å²) >= 11 is 0. The molecular formula is C19H34O16. The Balaban J connectivity index is 1.76. The van der Waals surface area contributed by atoms with Crippen molar-refractivity contribution in [1.29, 1.82) is 0 Å². The Hall–Kier alpha value is -0.640. The molecule has 16 heteroatoms. The molecule has 3 aliphatic heterocycles. The highest BCUT2D eigenvalue weighted by atomic mass is 16.8. The molecule has 16 nitrogen and oxygen atoms in total. The molecule has 0 aromatic heterocycles. The standard InChI is InChI=1S/C19H34O16/c1-30-19-16(10(26)8(24)6(3-21)32-19)35-18-13(29)15(9(25)7(4-22)31-18)34-17-12(28)11(27)14(33-17)5(23)2-20/h5-29H,2-4H2,1H3/t5-,6-,7-,8-,9-,10+,11-,12-,13+,14+,15+,16+,17+,18-,19+/m1/s1. The molecule has 0 bridgehead atoms. The van der Waals surface area contributed by atoms with Gasteiger partial charge < -0.3 is 79.5 Å². The summed E-state index contributed by atoms with van der Waals surface area (Å²) in [6, 6.07) is 0. The smallest absolute Gasteiger partial charge is 0.187 e. The van der Waals surface area contributed by atoms with Crippen LogP contribution in [0.5, 0.6) is 0 Å². The van der Waals surface area contributed by atoms with Gasteiger partial charge in [0.25, 0.3) is 0 Å². The van der Waals surface area contributed by atoms with E-state index >= 15 is 0 Å². The minimum Gasteiger partial charge on any atom is -0.394 e. The van der Waals surface area contributed by atoms with Gasteiger partial charge in [-0.2, -0.15) is 0 Å². The van der Waals surface area contributed by atoms with Gasteiger partial charge in [-0.15, -0.1) is 0 Å². The summed E-state index contributed by atoms with van der Waals surface area (Å²) < 4.78 is 32.1. The first kappa shape index (κ1) is 28.9. The summed E-state index contributed by atoms with van der Waals surface area (Å²) in [4.78, 5) is 0. The molecule has 0 aromatic rings. The molecule has 10 N–H and O–H groups in total. The van der Waals surface area contributed by atoms with Crippen LogP contribution >= 0.6 is 0 Å². The lowest BCUT2D eigenvalue weighted by molar-refractivity contribution is -0.374. The van der Waals surface area contributed by atoms with E-state index in [0.717, 1.165) is 0 Å². The molecule has 0 saturated carbocycles. The number of aliphatic hydroxyl groups excluding tert-OH is 10. The van der Waals surface area contributed by atoms with Crippen LogP contribution in [0.3, 0.4) is 0 Å². The normalized spacial score (nSPS) is 49.8. The summed E-state index contributed by atoms with van der Waals surface area (Å²) in [6.07, 6.45) is -23.6. The van der Waals surface area contributed by atoms with E-state index in [2.05, 4.69) is 0 Å². The first-order chi connectivity index (χ1) is 16.6. The van der Waals surface area contributed by atoms with Gasteiger partial charge in [-0.1, -0.05) is 0 Å². The lowest BCUT2D eigenvalue weighted by Gasteiger charge is -2.46. The Morgan fingerprint density at radius 3 is 1.74 bits per heavy atom. The number of hydrogen-bond acceptors (Lipinski definition) is 16. The van der Waals surface area contributed by atoms with Crippen molar-refractivity contribution in [3.63, 3.8) is 0 Å². The Morgan fingerprint density at radius 1 is 0.629 bits per heavy atom. The van der Waals surface area contributed by atoms with Crippen LogP contribution in [0.25, 0.3) is 0 Å². The van der Waals surface area contributed by atoms with Crippen molar-refractivity contribution in [3.8, 4) is 0 Å². The fraction of sp³-hybridized carbons (Fsp3) is 1.00. The molecule has 3 fully saturated rings. The van der Waals surface area contributed by atoms with Crippen molar-refractivity contribution >= 4 is 0 Å². The second-order valence-electron chi connectivity index (χ2n) is 8.55. The topological polar surface area (TPSA) is 258 Å². The average molecular weight is 518 g/mol. The molecule has 3 heterocycles. The zero-order valence-electron chi connectivity index (χ0n) is 18.7. The number of hydrogen-bond donors (Lipinski definition) is 10. The van der Waals surface area contributed by atoms with E-state index in [1.54, 1.807) is 0 Å². The largest absolute Gasteiger partial charge is 0.394 e. The van der Waals surface area contributed by atoms with Gasteiger partial charge in [0, 0.05) is 7.11 Å². The third-order valence-electron chi connectivity index (χ3n) is 6.28. The fourth-order valence-electron chi connectivity index (χ4n) is 4.23. The summed E-state index contributed by atoms with van der Waals surface area (Å²) in [5.74, 6) is 0. The fourth-order valence-corrected chi connectivity index (χ4v) is 4.23. The minimum absolute atomic E-state index is 0.635. The highest BCUT2D eigenvalue weighted by Gasteiger charge is 2.54. The maximum atomic E-state index is 10.8. The van der Waals surface area contributed by atoms with Crippen molar-refractivity contribution in [2.24, 2.45) is 0 Å². The monoisotopic (exact) mass is 518 g/mol. The Bertz CT molecular complexity index is 654. The molecule has 3 rings (SSSR count). The number of methoxy groups -OCH3 is 1. The van der Waals surface area contributed by atoms with Crippen LogP contribution in [-0.4, -0.2) is 170 Å². The van der Waals surface area contributed by atoms with Gasteiger partial charge in [0.05, 0.1) is 19.8 Å². The lowest BCUT2D eigenvalue weighted by atomic mass is 9.97. The molecule has 3 saturated heterocycles. The Kier molecular flexibility index (Phi) is 10.1. The molecule has 3 aliphatic rings. The Labute approximate surface area is 199 Å². The molecule has 0 unspecified atom stereocenters. The third kappa shape index (κ3) is 5.78. The summed E-state index contributed by atoms with van der Waals surface area (Å²) in [6.45, 7) is -2.20. The van der Waals surface area contributed by atoms with Crippen molar-refractivity contribution in [3.05, 3.63) is 0 Å². The van der Waals surface area contributed by atoms with Gasteiger partial charge in [0.15, 0.2) is 18.9 Å². The van der Waals surface area contributed by atoms with Gasteiger partial charge in [-0.05, 0) is 0 Å². The summed E-state index contributed by atoms with van der Waals surface area (Å²) in [5.41, 5.74) is 0. The molecule has 0 aliphatic carbocycles. The van der Waals surface area contributed by atoms with Crippen molar-refractivity contribution < 1.29 is 79.5 Å². The summed E-state index contributed by atoms with van der Waals surface area (Å²) in [7, 11) is 1.20. The van der Waals surface area contributed by atoms with Gasteiger partial charge in [-0.25, -0.2) is 0 Å². The molecule has 0 amide bonds. The highest BCUT2D eigenvalue weighted by Crippen LogP contribution is 2.33. The minimum atomic E-state index is -1.85. The quantitative estimate of drug-likeness (QED) is 0.136. The number of rotatable bonds is 9. The second-order valence-corrected chi connectivity index (χ2v) is 8.55. The van der Waals surface area contributed by atoms with Crippen LogP contribution in [0.4, 0.5) is 0 Å². The first-order valence-corrected chi connectivity index (χ1v) is 11.0. The van der Waals surface area contributed by atoms with Gasteiger partial charge in [0.2, 0.25) is 0 Å². The molecule has 35 heavy (non-hydrogen) atoms.